The summed E-state index contributed by atoms with van der Waals surface area (Å²) in [6.45, 7) is 3.86. The third-order valence-electron chi connectivity index (χ3n) is 5.57. The van der Waals surface area contributed by atoms with Crippen molar-refractivity contribution in [3.8, 4) is 5.75 Å². The summed E-state index contributed by atoms with van der Waals surface area (Å²) in [6.07, 6.45) is 8.02. The molecular formula is C23H28N2O2. The van der Waals surface area contributed by atoms with Gasteiger partial charge in [0, 0.05) is 19.6 Å². The van der Waals surface area contributed by atoms with Crippen molar-refractivity contribution in [2.45, 2.75) is 32.1 Å². The van der Waals surface area contributed by atoms with Crippen LogP contribution in [0.2, 0.25) is 0 Å². The fraction of sp³-hybridized carbons (Fsp3) is 0.435. The number of benzene rings is 2. The molecule has 0 aliphatic carbocycles. The van der Waals surface area contributed by atoms with Crippen LogP contribution in [0.1, 0.15) is 37.7 Å². The third-order valence-corrected chi connectivity index (χ3v) is 5.57. The summed E-state index contributed by atoms with van der Waals surface area (Å²) in [5.41, 5.74) is 2.72. The number of ether oxygens (including phenoxy) is 1. The highest BCUT2D eigenvalue weighted by Crippen LogP contribution is 2.27. The Bertz CT molecular complexity index is 835. The molecular weight excluding hydrogens is 336 g/mol. The second kappa shape index (κ2) is 8.57. The number of amides is 1. The van der Waals surface area contributed by atoms with Crippen LogP contribution in [0.4, 0.5) is 0 Å². The van der Waals surface area contributed by atoms with Crippen LogP contribution in [-0.4, -0.2) is 43.6 Å². The van der Waals surface area contributed by atoms with Crippen LogP contribution in [0, 0.1) is 0 Å². The van der Waals surface area contributed by atoms with Gasteiger partial charge >= 0.3 is 0 Å². The zero-order valence-corrected chi connectivity index (χ0v) is 15.9. The normalized spacial score (nSPS) is 18.1. The summed E-state index contributed by atoms with van der Waals surface area (Å²) in [7, 11) is 0. The summed E-state index contributed by atoms with van der Waals surface area (Å²) in [4.78, 5) is 14.3. The van der Waals surface area contributed by atoms with E-state index >= 15 is 0 Å². The van der Waals surface area contributed by atoms with E-state index < -0.39 is 0 Å². The molecule has 4 nitrogen and oxygen atoms in total. The van der Waals surface area contributed by atoms with Gasteiger partial charge in [-0.15, -0.1) is 0 Å². The van der Waals surface area contributed by atoms with E-state index in [1.807, 2.05) is 17.0 Å². The average molecular weight is 364 g/mol. The summed E-state index contributed by atoms with van der Waals surface area (Å²) >= 11 is 0. The maximum Gasteiger partial charge on any atom is 0.260 e. The van der Waals surface area contributed by atoms with Gasteiger partial charge in [0.25, 0.3) is 5.91 Å². The highest BCUT2D eigenvalue weighted by atomic mass is 16.5. The number of fused-ring (bicyclic) bond motifs is 1. The molecule has 0 aromatic heterocycles. The molecule has 4 rings (SSSR count). The molecule has 2 aliphatic rings. The number of carbonyl (C=O) groups is 1. The summed E-state index contributed by atoms with van der Waals surface area (Å²) in [5.74, 6) is 0.865. The Kier molecular flexibility index (Phi) is 5.73. The Balaban J connectivity index is 1.42. The molecule has 0 radical (unpaired) electrons. The maximum absolute atomic E-state index is 12.4. The van der Waals surface area contributed by atoms with Crippen molar-refractivity contribution in [2.75, 3.05) is 32.8 Å². The largest absolute Gasteiger partial charge is 0.484 e. The van der Waals surface area contributed by atoms with E-state index in [2.05, 4.69) is 35.7 Å². The van der Waals surface area contributed by atoms with Crippen LogP contribution in [0.25, 0.3) is 16.3 Å². The van der Waals surface area contributed by atoms with Gasteiger partial charge in [0.05, 0.1) is 0 Å². The van der Waals surface area contributed by atoms with E-state index in [0.717, 1.165) is 56.6 Å². The highest BCUT2D eigenvalue weighted by molar-refractivity contribution is 5.87. The number of rotatable bonds is 4. The first-order valence-corrected chi connectivity index (χ1v) is 10.1. The Morgan fingerprint density at radius 3 is 2.56 bits per heavy atom. The van der Waals surface area contributed by atoms with Gasteiger partial charge in [-0.3, -0.25) is 4.79 Å². The van der Waals surface area contributed by atoms with Gasteiger partial charge in [-0.1, -0.05) is 37.1 Å². The van der Waals surface area contributed by atoms with Crippen molar-refractivity contribution in [1.29, 1.82) is 0 Å². The lowest BCUT2D eigenvalue weighted by Gasteiger charge is -2.20. The summed E-state index contributed by atoms with van der Waals surface area (Å²) in [6, 6.07) is 12.7. The number of likely N-dealkylation sites (tertiary alicyclic amines) is 1. The van der Waals surface area contributed by atoms with Crippen LogP contribution in [0.5, 0.6) is 5.75 Å². The van der Waals surface area contributed by atoms with E-state index in [1.165, 1.54) is 29.4 Å². The van der Waals surface area contributed by atoms with Gasteiger partial charge in [-0.25, -0.2) is 0 Å². The molecule has 0 bridgehead atoms. The minimum Gasteiger partial charge on any atom is -0.484 e. The number of carbonyl (C=O) groups excluding carboxylic acids is 1. The molecule has 0 unspecified atom stereocenters. The van der Waals surface area contributed by atoms with Crippen molar-refractivity contribution in [2.24, 2.45) is 0 Å². The predicted molar refractivity (Wildman–Crippen MR) is 110 cm³/mol. The monoisotopic (exact) mass is 364 g/mol. The highest BCUT2D eigenvalue weighted by Gasteiger charge is 2.16. The van der Waals surface area contributed by atoms with E-state index in [4.69, 9.17) is 4.74 Å². The standard InChI is InChI=1S/C23H28N2O2/c26-23(25-13-3-1-2-4-14-25)17-27-22-8-7-20-15-19(5-6-21(20)16-22)18-9-11-24-12-10-18/h5-9,15-16,24H,1-4,10-14,17H2. The number of hydrogen-bond donors (Lipinski definition) is 1. The molecule has 2 heterocycles. The molecule has 142 valence electrons. The van der Waals surface area contributed by atoms with E-state index in [-0.39, 0.29) is 12.5 Å². The summed E-state index contributed by atoms with van der Waals surface area (Å²) < 4.78 is 5.81. The van der Waals surface area contributed by atoms with Crippen LogP contribution in [0.15, 0.2) is 42.5 Å². The number of nitrogens with zero attached hydrogens (tertiary/aromatic N) is 1. The van der Waals surface area contributed by atoms with Gasteiger partial charge in [0.1, 0.15) is 5.75 Å². The molecule has 4 heteroatoms. The fourth-order valence-corrected chi connectivity index (χ4v) is 3.95. The molecule has 2 aliphatic heterocycles. The first-order chi connectivity index (χ1) is 13.3. The van der Waals surface area contributed by atoms with E-state index in [9.17, 15) is 4.79 Å². The van der Waals surface area contributed by atoms with Crippen LogP contribution >= 0.6 is 0 Å². The maximum atomic E-state index is 12.4. The second-order valence-corrected chi connectivity index (χ2v) is 7.49. The van der Waals surface area contributed by atoms with Crippen LogP contribution in [-0.2, 0) is 4.79 Å². The molecule has 2 aromatic carbocycles. The Morgan fingerprint density at radius 1 is 1.00 bits per heavy atom. The van der Waals surface area contributed by atoms with Gasteiger partial charge in [-0.2, -0.15) is 0 Å². The lowest BCUT2D eigenvalue weighted by Crippen LogP contribution is -2.35. The fourth-order valence-electron chi connectivity index (χ4n) is 3.95. The van der Waals surface area contributed by atoms with Crippen molar-refractivity contribution in [3.63, 3.8) is 0 Å². The zero-order valence-electron chi connectivity index (χ0n) is 15.9. The zero-order chi connectivity index (χ0) is 18.5. The third kappa shape index (κ3) is 4.51. The number of hydrogen-bond acceptors (Lipinski definition) is 3. The quantitative estimate of drug-likeness (QED) is 0.892. The van der Waals surface area contributed by atoms with Gasteiger partial charge in [0.2, 0.25) is 0 Å². The Hall–Kier alpha value is -2.33. The molecule has 0 saturated carbocycles. The van der Waals surface area contributed by atoms with Crippen LogP contribution < -0.4 is 10.1 Å². The predicted octanol–water partition coefficient (Wildman–Crippen LogP) is 4.00. The smallest absolute Gasteiger partial charge is 0.260 e. The van der Waals surface area contributed by atoms with Crippen LogP contribution in [0.3, 0.4) is 0 Å². The van der Waals surface area contributed by atoms with Crippen molar-refractivity contribution >= 4 is 22.3 Å². The minimum atomic E-state index is 0.102. The molecule has 1 fully saturated rings. The first-order valence-electron chi connectivity index (χ1n) is 10.1. The lowest BCUT2D eigenvalue weighted by molar-refractivity contribution is -0.133. The molecule has 1 saturated heterocycles. The topological polar surface area (TPSA) is 41.6 Å². The molecule has 0 atom stereocenters. The van der Waals surface area contributed by atoms with E-state index in [1.54, 1.807) is 0 Å². The molecule has 0 spiro atoms. The Morgan fingerprint density at radius 2 is 1.78 bits per heavy atom. The average Bonchev–Trinajstić information content (AvgIpc) is 3.02. The molecule has 1 amide bonds. The van der Waals surface area contributed by atoms with Crippen molar-refractivity contribution in [3.05, 3.63) is 48.0 Å². The molecule has 1 N–H and O–H groups in total. The molecule has 2 aromatic rings. The number of nitrogens with one attached hydrogen (secondary N) is 1. The Labute approximate surface area is 161 Å². The van der Waals surface area contributed by atoms with Crippen molar-refractivity contribution in [1.82, 2.24) is 10.2 Å². The van der Waals surface area contributed by atoms with Gasteiger partial charge in [0.15, 0.2) is 6.61 Å². The van der Waals surface area contributed by atoms with E-state index in [0.29, 0.717) is 0 Å². The van der Waals surface area contributed by atoms with Crippen molar-refractivity contribution < 1.29 is 9.53 Å². The van der Waals surface area contributed by atoms with Gasteiger partial charge < -0.3 is 15.0 Å². The SMILES string of the molecule is O=C(COc1ccc2cc(C3=CCNCC3)ccc2c1)N1CCCCCC1. The summed E-state index contributed by atoms with van der Waals surface area (Å²) in [5, 5.41) is 5.71. The minimum absolute atomic E-state index is 0.102. The lowest BCUT2D eigenvalue weighted by atomic mass is 9.97. The second-order valence-electron chi connectivity index (χ2n) is 7.49. The molecule has 27 heavy (non-hydrogen) atoms. The van der Waals surface area contributed by atoms with Gasteiger partial charge in [-0.05, 0) is 65.9 Å². The first kappa shape index (κ1) is 18.1.